The number of hydrogen-bond donors (Lipinski definition) is 2. The summed E-state index contributed by atoms with van der Waals surface area (Å²) in [5.41, 5.74) is 0.455. The molecule has 0 aromatic heterocycles. The lowest BCUT2D eigenvalue weighted by molar-refractivity contribution is -0.384. The number of aliphatic hydroxyl groups excluding tert-OH is 1. The van der Waals surface area contributed by atoms with Crippen LogP contribution >= 0.6 is 0 Å². The van der Waals surface area contributed by atoms with Crippen LogP contribution in [-0.2, 0) is 0 Å². The van der Waals surface area contributed by atoms with Crippen molar-refractivity contribution in [2.45, 2.75) is 25.4 Å². The highest BCUT2D eigenvalue weighted by Gasteiger charge is 2.25. The molecule has 2 rings (SSSR count). The van der Waals surface area contributed by atoms with Crippen LogP contribution < -0.4 is 10.1 Å². The molecular weight excluding hydrogens is 248 g/mol. The number of rotatable bonds is 5. The molecule has 1 fully saturated rings. The molecule has 1 aromatic carbocycles. The number of ether oxygens (including phenoxy) is 1. The van der Waals surface area contributed by atoms with Crippen LogP contribution in [0.1, 0.15) is 19.3 Å². The van der Waals surface area contributed by atoms with Crippen molar-refractivity contribution in [3.63, 3.8) is 0 Å². The maximum Gasteiger partial charge on any atom is 0.296 e. The Kier molecular flexibility index (Phi) is 4.21. The first kappa shape index (κ1) is 13.6. The number of aliphatic hydroxyl groups is 1. The number of nitro benzene ring substituents is 1. The van der Waals surface area contributed by atoms with Crippen molar-refractivity contribution in [1.29, 1.82) is 0 Å². The highest BCUT2D eigenvalue weighted by Crippen LogP contribution is 2.31. The van der Waals surface area contributed by atoms with E-state index in [2.05, 4.69) is 5.32 Å². The number of benzene rings is 1. The zero-order chi connectivity index (χ0) is 13.8. The first-order valence-corrected chi connectivity index (χ1v) is 6.36. The van der Waals surface area contributed by atoms with E-state index in [1.165, 1.54) is 13.2 Å². The van der Waals surface area contributed by atoms with Gasteiger partial charge in [0, 0.05) is 12.5 Å². The molecule has 1 aliphatic rings. The number of methoxy groups -OCH3 is 1. The molecule has 0 saturated heterocycles. The summed E-state index contributed by atoms with van der Waals surface area (Å²) in [5.74, 6) is 0.625. The lowest BCUT2D eigenvalue weighted by atomic mass is 10.1. The second kappa shape index (κ2) is 5.88. The van der Waals surface area contributed by atoms with Gasteiger partial charge >= 0.3 is 0 Å². The van der Waals surface area contributed by atoms with Crippen LogP contribution in [0.4, 0.5) is 11.4 Å². The molecule has 0 radical (unpaired) electrons. The Labute approximate surface area is 111 Å². The first-order valence-electron chi connectivity index (χ1n) is 6.36. The maximum atomic E-state index is 11.0. The second-order valence-corrected chi connectivity index (χ2v) is 4.78. The van der Waals surface area contributed by atoms with Gasteiger partial charge in [-0.1, -0.05) is 6.42 Å². The summed E-state index contributed by atoms with van der Waals surface area (Å²) < 4.78 is 4.98. The number of hydrogen-bond acceptors (Lipinski definition) is 5. The van der Waals surface area contributed by atoms with E-state index in [1.54, 1.807) is 12.1 Å². The molecule has 0 aliphatic heterocycles. The average molecular weight is 266 g/mol. The topological polar surface area (TPSA) is 84.6 Å². The summed E-state index contributed by atoms with van der Waals surface area (Å²) in [4.78, 5) is 10.6. The largest absolute Gasteiger partial charge is 0.496 e. The summed E-state index contributed by atoms with van der Waals surface area (Å²) in [6.45, 7) is 0.550. The van der Waals surface area contributed by atoms with Crippen LogP contribution in [0.15, 0.2) is 18.2 Å². The lowest BCUT2D eigenvalue weighted by Crippen LogP contribution is -2.22. The van der Waals surface area contributed by atoms with Crippen LogP contribution in [0, 0.1) is 16.0 Å². The molecule has 19 heavy (non-hydrogen) atoms. The van der Waals surface area contributed by atoms with Crippen molar-refractivity contribution in [1.82, 2.24) is 0 Å². The Morgan fingerprint density at radius 1 is 1.53 bits per heavy atom. The second-order valence-electron chi connectivity index (χ2n) is 4.78. The Morgan fingerprint density at radius 3 is 2.89 bits per heavy atom. The van der Waals surface area contributed by atoms with Gasteiger partial charge in [-0.15, -0.1) is 0 Å². The quantitative estimate of drug-likeness (QED) is 0.630. The van der Waals surface area contributed by atoms with E-state index in [9.17, 15) is 15.2 Å². The highest BCUT2D eigenvalue weighted by atomic mass is 16.6. The van der Waals surface area contributed by atoms with Crippen molar-refractivity contribution in [2.75, 3.05) is 19.0 Å². The van der Waals surface area contributed by atoms with Crippen LogP contribution in [0.2, 0.25) is 0 Å². The molecule has 1 aromatic rings. The van der Waals surface area contributed by atoms with E-state index in [4.69, 9.17) is 4.74 Å². The Morgan fingerprint density at radius 2 is 2.32 bits per heavy atom. The van der Waals surface area contributed by atoms with Crippen LogP contribution in [-0.4, -0.2) is 29.8 Å². The molecule has 1 aliphatic carbocycles. The van der Waals surface area contributed by atoms with E-state index in [0.717, 1.165) is 19.3 Å². The van der Waals surface area contributed by atoms with Gasteiger partial charge in [0.15, 0.2) is 0 Å². The van der Waals surface area contributed by atoms with E-state index < -0.39 is 4.92 Å². The fourth-order valence-corrected chi connectivity index (χ4v) is 2.44. The third-order valence-corrected chi connectivity index (χ3v) is 3.58. The van der Waals surface area contributed by atoms with E-state index in [1.807, 2.05) is 0 Å². The molecule has 2 N–H and O–H groups in total. The minimum absolute atomic E-state index is 0.00756. The van der Waals surface area contributed by atoms with Gasteiger partial charge in [0.2, 0.25) is 0 Å². The third kappa shape index (κ3) is 3.14. The molecule has 2 atom stereocenters. The molecule has 0 heterocycles. The zero-order valence-corrected chi connectivity index (χ0v) is 10.8. The molecule has 6 nitrogen and oxygen atoms in total. The molecule has 1 saturated carbocycles. The van der Waals surface area contributed by atoms with E-state index >= 15 is 0 Å². The molecular formula is C13H18N2O4. The Hall–Kier alpha value is -1.82. The van der Waals surface area contributed by atoms with Gasteiger partial charge in [-0.05, 0) is 25.0 Å². The van der Waals surface area contributed by atoms with Gasteiger partial charge in [0.25, 0.3) is 5.69 Å². The number of nitro groups is 1. The predicted octanol–water partition coefficient (Wildman–Crippen LogP) is 2.18. The van der Waals surface area contributed by atoms with E-state index in [-0.39, 0.29) is 17.7 Å². The normalized spacial score (nSPS) is 22.2. The van der Waals surface area contributed by atoms with Crippen LogP contribution in [0.25, 0.3) is 0 Å². The maximum absolute atomic E-state index is 11.0. The third-order valence-electron chi connectivity index (χ3n) is 3.58. The van der Waals surface area contributed by atoms with Gasteiger partial charge in [0.1, 0.15) is 11.4 Å². The molecule has 0 amide bonds. The van der Waals surface area contributed by atoms with Gasteiger partial charge in [-0.25, -0.2) is 0 Å². The fourth-order valence-electron chi connectivity index (χ4n) is 2.44. The standard InChI is InChI=1S/C13H18N2O4/c1-19-10-5-6-11(12(7-10)15(17)18)14-8-9-3-2-4-13(9)16/h5-7,9,13-14,16H,2-4,8H2,1H3. The summed E-state index contributed by atoms with van der Waals surface area (Å²) in [7, 11) is 1.47. The van der Waals surface area contributed by atoms with Crippen molar-refractivity contribution >= 4 is 11.4 Å². The molecule has 6 heteroatoms. The van der Waals surface area contributed by atoms with Gasteiger partial charge in [0.05, 0.1) is 24.2 Å². The van der Waals surface area contributed by atoms with Crippen LogP contribution in [0.3, 0.4) is 0 Å². The van der Waals surface area contributed by atoms with Crippen molar-refractivity contribution < 1.29 is 14.8 Å². The average Bonchev–Trinajstić information content (AvgIpc) is 2.81. The van der Waals surface area contributed by atoms with Crippen molar-refractivity contribution in [2.24, 2.45) is 5.92 Å². The Bertz CT molecular complexity index is 464. The van der Waals surface area contributed by atoms with Gasteiger partial charge in [-0.2, -0.15) is 0 Å². The molecule has 2 unspecified atom stereocenters. The van der Waals surface area contributed by atoms with Gasteiger partial charge < -0.3 is 15.2 Å². The summed E-state index contributed by atoms with van der Waals surface area (Å²) in [5, 5.41) is 23.8. The fraction of sp³-hybridized carbons (Fsp3) is 0.538. The molecule has 0 bridgehead atoms. The minimum Gasteiger partial charge on any atom is -0.496 e. The summed E-state index contributed by atoms with van der Waals surface area (Å²) in [6.07, 6.45) is 2.48. The monoisotopic (exact) mass is 266 g/mol. The molecule has 0 spiro atoms. The first-order chi connectivity index (χ1) is 9.11. The summed E-state index contributed by atoms with van der Waals surface area (Å²) >= 11 is 0. The smallest absolute Gasteiger partial charge is 0.296 e. The minimum atomic E-state index is -0.435. The van der Waals surface area contributed by atoms with E-state index in [0.29, 0.717) is 18.0 Å². The summed E-state index contributed by atoms with van der Waals surface area (Å²) in [6, 6.07) is 4.71. The van der Waals surface area contributed by atoms with Crippen molar-refractivity contribution in [3.8, 4) is 5.75 Å². The number of nitrogens with zero attached hydrogens (tertiary/aromatic N) is 1. The lowest BCUT2D eigenvalue weighted by Gasteiger charge is -2.16. The number of nitrogens with one attached hydrogen (secondary N) is 1. The highest BCUT2D eigenvalue weighted by molar-refractivity contribution is 5.63. The van der Waals surface area contributed by atoms with Gasteiger partial charge in [-0.3, -0.25) is 10.1 Å². The number of anilines is 1. The Balaban J connectivity index is 2.08. The zero-order valence-electron chi connectivity index (χ0n) is 10.8. The van der Waals surface area contributed by atoms with Crippen LogP contribution in [0.5, 0.6) is 5.75 Å². The molecule has 104 valence electrons. The van der Waals surface area contributed by atoms with Crippen molar-refractivity contribution in [3.05, 3.63) is 28.3 Å². The SMILES string of the molecule is COc1ccc(NCC2CCCC2O)c([N+](=O)[O-])c1. The predicted molar refractivity (Wildman–Crippen MR) is 71.5 cm³/mol.